The van der Waals surface area contributed by atoms with Gasteiger partial charge in [-0.1, -0.05) is 74.3 Å². The smallest absolute Gasteiger partial charge is 0.127 e. The Balaban J connectivity index is 2.09. The van der Waals surface area contributed by atoms with Crippen LogP contribution in [0.25, 0.3) is 0 Å². The second kappa shape index (κ2) is 6.33. The summed E-state index contributed by atoms with van der Waals surface area (Å²) in [4.78, 5) is 12.0. The third kappa shape index (κ3) is 2.53. The molecule has 0 amide bonds. The number of carbonyl (C=O) groups is 1. The van der Waals surface area contributed by atoms with Gasteiger partial charge in [-0.3, -0.25) is 0 Å². The Morgan fingerprint density at radius 2 is 1.62 bits per heavy atom. The predicted molar refractivity (Wildman–Crippen MR) is 101 cm³/mol. The van der Waals surface area contributed by atoms with E-state index in [4.69, 9.17) is 27.9 Å². The fourth-order valence-corrected chi connectivity index (χ4v) is 4.53. The molecule has 0 unspecified atom stereocenters. The topological polar surface area (TPSA) is 49.4 Å². The SMILES string of the molecule is CC1(C)[C@](C)(C(=O)[O-])[C@@]1(C=C(Cl)Cl)c1cccc(Oc2ccccc2)c1. The highest BCUT2D eigenvalue weighted by atomic mass is 35.5. The van der Waals surface area contributed by atoms with Crippen molar-refractivity contribution < 1.29 is 14.6 Å². The zero-order chi connectivity index (χ0) is 19.2. The Bertz CT molecular complexity index is 872. The summed E-state index contributed by atoms with van der Waals surface area (Å²) in [6, 6.07) is 16.7. The Morgan fingerprint density at radius 1 is 1.00 bits per heavy atom. The molecule has 136 valence electrons. The van der Waals surface area contributed by atoms with Gasteiger partial charge in [0, 0.05) is 16.8 Å². The van der Waals surface area contributed by atoms with E-state index < -0.39 is 22.2 Å². The number of rotatable bonds is 5. The molecule has 0 spiro atoms. The van der Waals surface area contributed by atoms with Crippen LogP contribution in [-0.4, -0.2) is 5.97 Å². The van der Waals surface area contributed by atoms with Crippen molar-refractivity contribution in [3.8, 4) is 11.5 Å². The number of halogens is 2. The maximum absolute atomic E-state index is 12.0. The van der Waals surface area contributed by atoms with E-state index in [2.05, 4.69) is 0 Å². The summed E-state index contributed by atoms with van der Waals surface area (Å²) in [5.74, 6) is 0.167. The lowest BCUT2D eigenvalue weighted by atomic mass is 9.85. The molecule has 0 N–H and O–H groups in total. The first-order valence-corrected chi connectivity index (χ1v) is 9.01. The first-order chi connectivity index (χ1) is 12.2. The zero-order valence-electron chi connectivity index (χ0n) is 14.8. The summed E-state index contributed by atoms with van der Waals surface area (Å²) < 4.78 is 5.92. The number of para-hydroxylation sites is 1. The van der Waals surface area contributed by atoms with Gasteiger partial charge in [0.25, 0.3) is 0 Å². The Morgan fingerprint density at radius 3 is 2.15 bits per heavy atom. The van der Waals surface area contributed by atoms with E-state index in [0.29, 0.717) is 11.5 Å². The largest absolute Gasteiger partial charge is 0.549 e. The minimum absolute atomic E-state index is 0.0254. The van der Waals surface area contributed by atoms with Crippen LogP contribution in [-0.2, 0) is 10.2 Å². The lowest BCUT2D eigenvalue weighted by Crippen LogP contribution is -2.36. The fourth-order valence-electron chi connectivity index (χ4n) is 4.20. The summed E-state index contributed by atoms with van der Waals surface area (Å²) in [7, 11) is 0. The number of carbonyl (C=O) groups excluding carboxylic acids is 1. The molecule has 0 bridgehead atoms. The van der Waals surface area contributed by atoms with Crippen LogP contribution < -0.4 is 9.84 Å². The molecule has 0 saturated heterocycles. The summed E-state index contributed by atoms with van der Waals surface area (Å²) in [5.41, 5.74) is -1.92. The van der Waals surface area contributed by atoms with Crippen molar-refractivity contribution in [3.63, 3.8) is 0 Å². The first-order valence-electron chi connectivity index (χ1n) is 8.25. The molecule has 1 fully saturated rings. The van der Waals surface area contributed by atoms with Crippen LogP contribution in [0.5, 0.6) is 11.5 Å². The molecule has 2 aromatic rings. The van der Waals surface area contributed by atoms with Gasteiger partial charge in [0.05, 0.1) is 0 Å². The van der Waals surface area contributed by atoms with Crippen molar-refractivity contribution in [1.29, 1.82) is 0 Å². The third-order valence-corrected chi connectivity index (χ3v) is 6.18. The standard InChI is InChI=1S/C21H20Cl2O3/c1-19(2)20(3,18(24)25)21(19,13-17(22)23)14-8-7-11-16(12-14)26-15-9-5-4-6-10-15/h4-13H,1-3H3,(H,24,25)/p-1/t20-,21-/m0/s1. The highest BCUT2D eigenvalue weighted by Gasteiger charge is 2.80. The number of carboxylic acid groups (broad SMARTS) is 1. The number of allylic oxidation sites excluding steroid dienone is 1. The number of benzene rings is 2. The lowest BCUT2D eigenvalue weighted by Gasteiger charge is -2.22. The summed E-state index contributed by atoms with van der Waals surface area (Å²) in [5, 5.41) is 12.0. The van der Waals surface area contributed by atoms with E-state index in [9.17, 15) is 9.90 Å². The van der Waals surface area contributed by atoms with E-state index >= 15 is 0 Å². The second-order valence-electron chi connectivity index (χ2n) is 7.22. The minimum atomic E-state index is -1.15. The number of carboxylic acids is 1. The van der Waals surface area contributed by atoms with E-state index in [1.54, 1.807) is 13.0 Å². The van der Waals surface area contributed by atoms with Gasteiger partial charge in [0.15, 0.2) is 0 Å². The Hall–Kier alpha value is -1.97. The average Bonchev–Trinajstić information content (AvgIpc) is 2.98. The highest BCUT2D eigenvalue weighted by molar-refractivity contribution is 6.56. The van der Waals surface area contributed by atoms with E-state index in [0.717, 1.165) is 5.56 Å². The third-order valence-electron chi connectivity index (χ3n) is 5.96. The average molecular weight is 390 g/mol. The number of aliphatic carboxylic acids is 1. The molecule has 0 radical (unpaired) electrons. The maximum Gasteiger partial charge on any atom is 0.127 e. The van der Waals surface area contributed by atoms with Crippen molar-refractivity contribution in [2.75, 3.05) is 0 Å². The molecule has 1 aliphatic rings. The van der Waals surface area contributed by atoms with Crippen molar-refractivity contribution in [2.45, 2.75) is 26.2 Å². The molecule has 1 aliphatic carbocycles. The molecule has 2 atom stereocenters. The van der Waals surface area contributed by atoms with Crippen molar-refractivity contribution in [2.24, 2.45) is 10.8 Å². The number of ether oxygens (including phenoxy) is 1. The molecular weight excluding hydrogens is 371 g/mol. The molecule has 3 rings (SSSR count). The van der Waals surface area contributed by atoms with Crippen LogP contribution in [0.15, 0.2) is 65.2 Å². The van der Waals surface area contributed by atoms with E-state index in [-0.39, 0.29) is 4.49 Å². The van der Waals surface area contributed by atoms with Crippen LogP contribution >= 0.6 is 23.2 Å². The van der Waals surface area contributed by atoms with Gasteiger partial charge in [-0.15, -0.1) is 0 Å². The molecule has 5 heteroatoms. The van der Waals surface area contributed by atoms with Gasteiger partial charge in [-0.05, 0) is 41.3 Å². The quantitative estimate of drug-likeness (QED) is 0.735. The first kappa shape index (κ1) is 18.8. The minimum Gasteiger partial charge on any atom is -0.549 e. The molecule has 1 saturated carbocycles. The van der Waals surface area contributed by atoms with Gasteiger partial charge in [0.2, 0.25) is 0 Å². The summed E-state index contributed by atoms with van der Waals surface area (Å²) >= 11 is 11.9. The fraction of sp³-hybridized carbons (Fsp3) is 0.286. The van der Waals surface area contributed by atoms with Gasteiger partial charge in [-0.25, -0.2) is 0 Å². The normalized spacial score (nSPS) is 26.0. The zero-order valence-corrected chi connectivity index (χ0v) is 16.3. The summed E-state index contributed by atoms with van der Waals surface area (Å²) in [6.07, 6.45) is 1.60. The van der Waals surface area contributed by atoms with Gasteiger partial charge >= 0.3 is 0 Å². The number of hydrogen-bond acceptors (Lipinski definition) is 3. The molecule has 0 heterocycles. The monoisotopic (exact) mass is 389 g/mol. The van der Waals surface area contributed by atoms with Crippen molar-refractivity contribution >= 4 is 29.2 Å². The van der Waals surface area contributed by atoms with E-state index in [1.165, 1.54) is 0 Å². The summed E-state index contributed by atoms with van der Waals surface area (Å²) in [6.45, 7) is 5.42. The lowest BCUT2D eigenvalue weighted by molar-refractivity contribution is -0.314. The van der Waals surface area contributed by atoms with Gasteiger partial charge < -0.3 is 14.6 Å². The molecule has 0 aliphatic heterocycles. The Kier molecular flexibility index (Phi) is 4.58. The van der Waals surface area contributed by atoms with Crippen LogP contribution in [0.4, 0.5) is 0 Å². The van der Waals surface area contributed by atoms with Crippen LogP contribution in [0, 0.1) is 10.8 Å². The Labute approximate surface area is 163 Å². The molecule has 26 heavy (non-hydrogen) atoms. The van der Waals surface area contributed by atoms with Crippen LogP contribution in [0.1, 0.15) is 26.3 Å². The molecule has 0 aromatic heterocycles. The highest BCUT2D eigenvalue weighted by Crippen LogP contribution is 2.79. The molecule has 2 aromatic carbocycles. The number of hydrogen-bond donors (Lipinski definition) is 0. The molecule has 3 nitrogen and oxygen atoms in total. The van der Waals surface area contributed by atoms with Crippen molar-refractivity contribution in [3.05, 3.63) is 70.7 Å². The van der Waals surface area contributed by atoms with Crippen LogP contribution in [0.3, 0.4) is 0 Å². The maximum atomic E-state index is 12.0. The van der Waals surface area contributed by atoms with Gasteiger partial charge in [-0.2, -0.15) is 0 Å². The second-order valence-corrected chi connectivity index (χ2v) is 8.23. The van der Waals surface area contributed by atoms with Crippen LogP contribution in [0.2, 0.25) is 0 Å². The van der Waals surface area contributed by atoms with E-state index in [1.807, 2.05) is 68.4 Å². The molecular formula is C21H19Cl2O3-. The van der Waals surface area contributed by atoms with Crippen molar-refractivity contribution in [1.82, 2.24) is 0 Å². The predicted octanol–water partition coefficient (Wildman–Crippen LogP) is 4.83. The van der Waals surface area contributed by atoms with Gasteiger partial charge in [0.1, 0.15) is 16.0 Å².